The first-order chi connectivity index (χ1) is 15.5. The van der Waals surface area contributed by atoms with E-state index in [1.54, 1.807) is 5.01 Å². The van der Waals surface area contributed by atoms with Gasteiger partial charge in [-0.1, -0.05) is 59.6 Å². The third kappa shape index (κ3) is 4.33. The first kappa shape index (κ1) is 21.6. The van der Waals surface area contributed by atoms with E-state index in [1.807, 2.05) is 24.3 Å². The molecule has 2 aromatic carbocycles. The van der Waals surface area contributed by atoms with E-state index in [-0.39, 0.29) is 11.9 Å². The van der Waals surface area contributed by atoms with E-state index in [4.69, 9.17) is 26.2 Å². The summed E-state index contributed by atoms with van der Waals surface area (Å²) in [6, 6.07) is 15.8. The third-order valence-electron chi connectivity index (χ3n) is 6.61. The lowest BCUT2D eigenvalue weighted by Gasteiger charge is -2.37. The Morgan fingerprint density at radius 1 is 1.09 bits per heavy atom. The molecule has 168 valence electrons. The highest BCUT2D eigenvalue weighted by atomic mass is 35.5. The molecule has 0 aliphatic carbocycles. The van der Waals surface area contributed by atoms with Gasteiger partial charge < -0.3 is 9.47 Å². The van der Waals surface area contributed by atoms with Gasteiger partial charge in [0.15, 0.2) is 5.79 Å². The second-order valence-corrected chi connectivity index (χ2v) is 9.18. The Kier molecular flexibility index (Phi) is 6.03. The van der Waals surface area contributed by atoms with Crippen LogP contribution >= 0.6 is 11.6 Å². The van der Waals surface area contributed by atoms with E-state index in [1.165, 1.54) is 5.56 Å². The lowest BCUT2D eigenvalue weighted by molar-refractivity contribution is -0.186. The van der Waals surface area contributed by atoms with E-state index >= 15 is 0 Å². The molecular formula is C25H28ClN3O3. The summed E-state index contributed by atoms with van der Waals surface area (Å²) in [7, 11) is 0. The average molecular weight is 454 g/mol. The van der Waals surface area contributed by atoms with Crippen molar-refractivity contribution in [3.8, 4) is 0 Å². The van der Waals surface area contributed by atoms with Gasteiger partial charge in [0.25, 0.3) is 5.91 Å². The quantitative estimate of drug-likeness (QED) is 0.697. The van der Waals surface area contributed by atoms with Crippen molar-refractivity contribution in [3.63, 3.8) is 0 Å². The van der Waals surface area contributed by atoms with Gasteiger partial charge in [-0.2, -0.15) is 5.10 Å². The Morgan fingerprint density at radius 2 is 1.78 bits per heavy atom. The molecule has 1 amide bonds. The van der Waals surface area contributed by atoms with Crippen LogP contribution in [0.15, 0.2) is 53.6 Å². The van der Waals surface area contributed by atoms with Crippen molar-refractivity contribution in [2.24, 2.45) is 5.10 Å². The van der Waals surface area contributed by atoms with Crippen LogP contribution in [0, 0.1) is 6.92 Å². The average Bonchev–Trinajstić information content (AvgIpc) is 3.44. The predicted molar refractivity (Wildman–Crippen MR) is 124 cm³/mol. The lowest BCUT2D eigenvalue weighted by atomic mass is 9.98. The summed E-state index contributed by atoms with van der Waals surface area (Å²) in [4.78, 5) is 15.6. The van der Waals surface area contributed by atoms with Gasteiger partial charge in [-0.15, -0.1) is 0 Å². The molecule has 3 aliphatic rings. The highest BCUT2D eigenvalue weighted by Gasteiger charge is 2.41. The van der Waals surface area contributed by atoms with Crippen LogP contribution in [0.4, 0.5) is 0 Å². The largest absolute Gasteiger partial charge is 0.347 e. The predicted octanol–water partition coefficient (Wildman–Crippen LogP) is 4.17. The second-order valence-electron chi connectivity index (χ2n) is 8.78. The SMILES string of the molecule is Cc1ccc(C2=NN(C(=O)CN3CCC4(CC3)OCCO4)C(c3ccccc3Cl)C2)cc1. The van der Waals surface area contributed by atoms with E-state index < -0.39 is 5.79 Å². The fraction of sp³-hybridized carbons (Fsp3) is 0.440. The minimum absolute atomic E-state index is 0.0127. The van der Waals surface area contributed by atoms with Crippen LogP contribution in [-0.4, -0.2) is 60.2 Å². The van der Waals surface area contributed by atoms with Crippen molar-refractivity contribution in [3.05, 3.63) is 70.2 Å². The number of amides is 1. The molecule has 0 aromatic heterocycles. The molecule has 0 radical (unpaired) electrons. The molecule has 7 heteroatoms. The Balaban J connectivity index is 1.35. The van der Waals surface area contributed by atoms with Gasteiger partial charge >= 0.3 is 0 Å². The van der Waals surface area contributed by atoms with Crippen LogP contribution in [0.3, 0.4) is 0 Å². The number of likely N-dealkylation sites (tertiary alicyclic amines) is 1. The summed E-state index contributed by atoms with van der Waals surface area (Å²) in [5.41, 5.74) is 4.08. The maximum atomic E-state index is 13.4. The standard InChI is InChI=1S/C25H28ClN3O3/c1-18-6-8-19(9-7-18)22-16-23(20-4-2-3-5-21(20)26)29(27-22)24(30)17-28-12-10-25(11-13-28)31-14-15-32-25/h2-9,23H,10-17H2,1H3. The number of ether oxygens (including phenoxy) is 2. The molecule has 3 aliphatic heterocycles. The summed E-state index contributed by atoms with van der Waals surface area (Å²) < 4.78 is 11.6. The first-order valence-electron chi connectivity index (χ1n) is 11.2. The van der Waals surface area contributed by atoms with Crippen LogP contribution < -0.4 is 0 Å². The number of aryl methyl sites for hydroxylation is 1. The topological polar surface area (TPSA) is 54.4 Å². The zero-order chi connectivity index (χ0) is 22.1. The van der Waals surface area contributed by atoms with Crippen LogP contribution in [0.25, 0.3) is 0 Å². The molecular weight excluding hydrogens is 426 g/mol. The monoisotopic (exact) mass is 453 g/mol. The molecule has 1 spiro atoms. The smallest absolute Gasteiger partial charge is 0.257 e. The highest BCUT2D eigenvalue weighted by Crippen LogP contribution is 2.37. The summed E-state index contributed by atoms with van der Waals surface area (Å²) in [5.74, 6) is -0.453. The molecule has 2 fully saturated rings. The summed E-state index contributed by atoms with van der Waals surface area (Å²) >= 11 is 6.52. The van der Waals surface area contributed by atoms with Crippen molar-refractivity contribution in [1.29, 1.82) is 0 Å². The molecule has 2 aromatic rings. The number of hydrogen-bond acceptors (Lipinski definition) is 5. The molecule has 0 bridgehead atoms. The van der Waals surface area contributed by atoms with Crippen molar-refractivity contribution >= 4 is 23.2 Å². The number of rotatable bonds is 4. The number of halogens is 1. The van der Waals surface area contributed by atoms with Crippen molar-refractivity contribution < 1.29 is 14.3 Å². The molecule has 5 rings (SSSR count). The van der Waals surface area contributed by atoms with Gasteiger partial charge in [0.1, 0.15) is 0 Å². The third-order valence-corrected chi connectivity index (χ3v) is 6.95. The molecule has 0 N–H and O–H groups in total. The second kappa shape index (κ2) is 8.94. The van der Waals surface area contributed by atoms with E-state index in [2.05, 4.69) is 36.1 Å². The number of carbonyl (C=O) groups excluding carboxylic acids is 1. The number of carbonyl (C=O) groups is 1. The van der Waals surface area contributed by atoms with Gasteiger partial charge in [0, 0.05) is 37.4 Å². The van der Waals surface area contributed by atoms with Gasteiger partial charge in [-0.3, -0.25) is 9.69 Å². The van der Waals surface area contributed by atoms with Gasteiger partial charge in [-0.05, 0) is 24.1 Å². The molecule has 32 heavy (non-hydrogen) atoms. The zero-order valence-electron chi connectivity index (χ0n) is 18.3. The van der Waals surface area contributed by atoms with Crippen LogP contribution in [0.2, 0.25) is 5.02 Å². The molecule has 3 heterocycles. The van der Waals surface area contributed by atoms with Gasteiger partial charge in [-0.25, -0.2) is 5.01 Å². The van der Waals surface area contributed by atoms with E-state index in [0.29, 0.717) is 31.2 Å². The minimum Gasteiger partial charge on any atom is -0.347 e. The Hall–Kier alpha value is -2.25. The van der Waals surface area contributed by atoms with Crippen molar-refractivity contribution in [2.45, 2.75) is 38.0 Å². The fourth-order valence-electron chi connectivity index (χ4n) is 4.75. The van der Waals surface area contributed by atoms with E-state index in [9.17, 15) is 4.79 Å². The van der Waals surface area contributed by atoms with E-state index in [0.717, 1.165) is 42.8 Å². The summed E-state index contributed by atoms with van der Waals surface area (Å²) in [6.45, 7) is 5.23. The molecule has 6 nitrogen and oxygen atoms in total. The van der Waals surface area contributed by atoms with Crippen LogP contribution in [0.5, 0.6) is 0 Å². The van der Waals surface area contributed by atoms with Gasteiger partial charge in [0.2, 0.25) is 0 Å². The molecule has 2 saturated heterocycles. The fourth-order valence-corrected chi connectivity index (χ4v) is 5.01. The first-order valence-corrected chi connectivity index (χ1v) is 11.6. The Bertz CT molecular complexity index is 1010. The van der Waals surface area contributed by atoms with Crippen LogP contribution in [-0.2, 0) is 14.3 Å². The number of piperidine rings is 1. The number of nitrogens with zero attached hydrogens (tertiary/aromatic N) is 3. The minimum atomic E-state index is -0.440. The van der Waals surface area contributed by atoms with Crippen molar-refractivity contribution in [1.82, 2.24) is 9.91 Å². The number of benzene rings is 2. The summed E-state index contributed by atoms with van der Waals surface area (Å²) in [6.07, 6.45) is 2.21. The number of hydrogen-bond donors (Lipinski definition) is 0. The summed E-state index contributed by atoms with van der Waals surface area (Å²) in [5, 5.41) is 7.09. The Labute approximate surface area is 193 Å². The lowest BCUT2D eigenvalue weighted by Crippen LogP contribution is -2.48. The Morgan fingerprint density at radius 3 is 2.47 bits per heavy atom. The highest BCUT2D eigenvalue weighted by molar-refractivity contribution is 6.31. The maximum absolute atomic E-state index is 13.4. The van der Waals surface area contributed by atoms with Gasteiger partial charge in [0.05, 0.1) is 31.5 Å². The molecule has 1 unspecified atom stereocenters. The maximum Gasteiger partial charge on any atom is 0.257 e. The van der Waals surface area contributed by atoms with Crippen LogP contribution in [0.1, 0.15) is 42.0 Å². The number of hydrazone groups is 1. The van der Waals surface area contributed by atoms with Crippen molar-refractivity contribution in [2.75, 3.05) is 32.8 Å². The normalized spacial score (nSPS) is 23.0. The molecule has 0 saturated carbocycles. The molecule has 1 atom stereocenters. The zero-order valence-corrected chi connectivity index (χ0v) is 19.1.